The molecule has 0 saturated carbocycles. The highest BCUT2D eigenvalue weighted by atomic mass is 32.2. The fourth-order valence-corrected chi connectivity index (χ4v) is 3.29. The van der Waals surface area contributed by atoms with Gasteiger partial charge in [-0.15, -0.1) is 0 Å². The van der Waals surface area contributed by atoms with Gasteiger partial charge in [-0.3, -0.25) is 4.98 Å². The van der Waals surface area contributed by atoms with Crippen LogP contribution in [-0.2, 0) is 6.54 Å². The summed E-state index contributed by atoms with van der Waals surface area (Å²) in [6, 6.07) is 8.14. The largest absolute Gasteiger partial charge is 0.369 e. The molecule has 20 heavy (non-hydrogen) atoms. The Balaban J connectivity index is 2.19. The zero-order chi connectivity index (χ0) is 14.1. The van der Waals surface area contributed by atoms with Crippen LogP contribution in [0.5, 0.6) is 0 Å². The maximum absolute atomic E-state index is 6.11. The third-order valence-corrected chi connectivity index (χ3v) is 4.36. The molecule has 3 aromatic rings. The number of anilines is 1. The summed E-state index contributed by atoms with van der Waals surface area (Å²) in [5.74, 6) is 2.24. The van der Waals surface area contributed by atoms with Gasteiger partial charge >= 0.3 is 0 Å². The summed E-state index contributed by atoms with van der Waals surface area (Å²) in [7, 11) is 0. The van der Waals surface area contributed by atoms with Gasteiger partial charge in [0.1, 0.15) is 5.52 Å². The Hall–Kier alpha value is -1.75. The second-order valence-electron chi connectivity index (χ2n) is 5.15. The zero-order valence-corrected chi connectivity index (χ0v) is 12.5. The van der Waals surface area contributed by atoms with Crippen molar-refractivity contribution in [3.05, 3.63) is 30.5 Å². The molecule has 0 aliphatic heterocycles. The van der Waals surface area contributed by atoms with Gasteiger partial charge < -0.3 is 10.3 Å². The van der Waals surface area contributed by atoms with Crippen molar-refractivity contribution in [3.63, 3.8) is 0 Å². The number of hydrogen-bond donors (Lipinski definition) is 1. The van der Waals surface area contributed by atoms with E-state index in [0.29, 0.717) is 11.9 Å². The number of para-hydroxylation sites is 1. The van der Waals surface area contributed by atoms with Crippen molar-refractivity contribution in [2.24, 2.45) is 5.92 Å². The number of nitrogen functional groups attached to an aromatic ring is 1. The van der Waals surface area contributed by atoms with Gasteiger partial charge in [0.25, 0.3) is 0 Å². The molecule has 1 unspecified atom stereocenters. The van der Waals surface area contributed by atoms with Crippen LogP contribution in [0.3, 0.4) is 0 Å². The lowest BCUT2D eigenvalue weighted by Gasteiger charge is -2.13. The van der Waals surface area contributed by atoms with Crippen LogP contribution in [0, 0.1) is 5.92 Å². The molecule has 0 amide bonds. The van der Waals surface area contributed by atoms with Crippen molar-refractivity contribution in [3.8, 4) is 0 Å². The molecule has 0 saturated heterocycles. The van der Waals surface area contributed by atoms with Gasteiger partial charge in [-0.05, 0) is 24.0 Å². The maximum Gasteiger partial charge on any atom is 0.201 e. The molecule has 2 N–H and O–H groups in total. The Kier molecular flexibility index (Phi) is 3.53. The summed E-state index contributed by atoms with van der Waals surface area (Å²) in [4.78, 5) is 8.89. The van der Waals surface area contributed by atoms with E-state index in [1.54, 1.807) is 0 Å². The first kappa shape index (κ1) is 13.2. The predicted octanol–water partition coefficient (Wildman–Crippen LogP) is 3.17. The Labute approximate surface area is 122 Å². The lowest BCUT2D eigenvalue weighted by molar-refractivity contribution is 0.547. The van der Waals surface area contributed by atoms with E-state index in [4.69, 9.17) is 5.73 Å². The lowest BCUT2D eigenvalue weighted by Crippen LogP contribution is -2.12. The third-order valence-electron chi connectivity index (χ3n) is 3.45. The van der Waals surface area contributed by atoms with Crippen LogP contribution in [0.1, 0.15) is 6.92 Å². The standard InChI is InChI=1S/C15H18N4S/c1-10(9-20-2)8-19-14-11-5-3-4-6-12(11)17-7-13(14)18-15(19)16/h3-7,10H,8-9H2,1-2H3,(H2,16,18). The van der Waals surface area contributed by atoms with Crippen molar-refractivity contribution in [2.45, 2.75) is 13.5 Å². The summed E-state index contributed by atoms with van der Waals surface area (Å²) in [5, 5.41) is 1.12. The molecule has 4 nitrogen and oxygen atoms in total. The smallest absolute Gasteiger partial charge is 0.201 e. The van der Waals surface area contributed by atoms with Gasteiger partial charge in [0.2, 0.25) is 5.95 Å². The number of pyridine rings is 1. The molecule has 0 spiro atoms. The first-order chi connectivity index (χ1) is 9.70. The lowest BCUT2D eigenvalue weighted by atomic mass is 10.1. The molecular formula is C15H18N4S. The van der Waals surface area contributed by atoms with Crippen LogP contribution in [-0.4, -0.2) is 26.5 Å². The number of hydrogen-bond acceptors (Lipinski definition) is 4. The van der Waals surface area contributed by atoms with Gasteiger partial charge in [0, 0.05) is 11.9 Å². The highest BCUT2D eigenvalue weighted by Gasteiger charge is 2.14. The van der Waals surface area contributed by atoms with Crippen LogP contribution >= 0.6 is 11.8 Å². The normalized spacial score (nSPS) is 13.1. The Morgan fingerprint density at radius 2 is 2.10 bits per heavy atom. The van der Waals surface area contributed by atoms with E-state index >= 15 is 0 Å². The minimum absolute atomic E-state index is 0.552. The molecule has 1 atom stereocenters. The van der Waals surface area contributed by atoms with E-state index < -0.39 is 0 Å². The molecule has 2 aromatic heterocycles. The molecule has 0 bridgehead atoms. The molecule has 0 radical (unpaired) electrons. The van der Waals surface area contributed by atoms with Crippen molar-refractivity contribution in [1.82, 2.24) is 14.5 Å². The van der Waals surface area contributed by atoms with Gasteiger partial charge in [0.15, 0.2) is 0 Å². The number of aromatic nitrogens is 3. The number of nitrogens with zero attached hydrogens (tertiary/aromatic N) is 3. The molecule has 5 heteroatoms. The van der Waals surface area contributed by atoms with E-state index in [0.717, 1.165) is 34.2 Å². The summed E-state index contributed by atoms with van der Waals surface area (Å²) < 4.78 is 2.13. The number of fused-ring (bicyclic) bond motifs is 3. The van der Waals surface area contributed by atoms with Gasteiger partial charge in [-0.2, -0.15) is 11.8 Å². The fraction of sp³-hybridized carbons (Fsp3) is 0.333. The van der Waals surface area contributed by atoms with Gasteiger partial charge in [-0.1, -0.05) is 25.1 Å². The van der Waals surface area contributed by atoms with Crippen molar-refractivity contribution < 1.29 is 0 Å². The van der Waals surface area contributed by atoms with Crippen molar-refractivity contribution in [1.29, 1.82) is 0 Å². The zero-order valence-electron chi connectivity index (χ0n) is 11.7. The fourth-order valence-electron chi connectivity index (χ4n) is 2.61. The van der Waals surface area contributed by atoms with Crippen LogP contribution < -0.4 is 5.73 Å². The average Bonchev–Trinajstić information content (AvgIpc) is 2.76. The molecule has 0 fully saturated rings. The quantitative estimate of drug-likeness (QED) is 0.800. The second-order valence-corrected chi connectivity index (χ2v) is 6.06. The molecule has 0 aliphatic carbocycles. The molecule has 3 rings (SSSR count). The third kappa shape index (κ3) is 2.22. The first-order valence-corrected chi connectivity index (χ1v) is 8.08. The maximum atomic E-state index is 6.11. The number of thioether (sulfide) groups is 1. The SMILES string of the molecule is CSCC(C)Cn1c(N)nc2cnc3ccccc3c21. The van der Waals surface area contributed by atoms with Crippen LogP contribution in [0.4, 0.5) is 5.95 Å². The Morgan fingerprint density at radius 1 is 1.30 bits per heavy atom. The minimum atomic E-state index is 0.552. The van der Waals surface area contributed by atoms with Crippen molar-refractivity contribution >= 4 is 39.6 Å². The monoisotopic (exact) mass is 286 g/mol. The molecule has 1 aromatic carbocycles. The van der Waals surface area contributed by atoms with E-state index in [2.05, 4.69) is 33.8 Å². The van der Waals surface area contributed by atoms with Crippen LogP contribution in [0.2, 0.25) is 0 Å². The minimum Gasteiger partial charge on any atom is -0.369 e. The molecule has 104 valence electrons. The molecule has 0 aliphatic rings. The molecular weight excluding hydrogens is 268 g/mol. The van der Waals surface area contributed by atoms with Crippen LogP contribution in [0.15, 0.2) is 30.5 Å². The average molecular weight is 286 g/mol. The summed E-state index contributed by atoms with van der Waals surface area (Å²) >= 11 is 1.86. The van der Waals surface area contributed by atoms with Crippen LogP contribution in [0.25, 0.3) is 21.9 Å². The second kappa shape index (κ2) is 5.32. The Morgan fingerprint density at radius 3 is 2.90 bits per heavy atom. The first-order valence-electron chi connectivity index (χ1n) is 6.69. The Bertz CT molecular complexity index is 750. The highest BCUT2D eigenvalue weighted by molar-refractivity contribution is 7.98. The van der Waals surface area contributed by atoms with E-state index in [1.807, 2.05) is 36.2 Å². The number of benzene rings is 1. The number of imidazole rings is 1. The number of rotatable bonds is 4. The van der Waals surface area contributed by atoms with E-state index in [-0.39, 0.29) is 0 Å². The summed E-state index contributed by atoms with van der Waals surface area (Å²) in [6.45, 7) is 3.13. The van der Waals surface area contributed by atoms with E-state index in [9.17, 15) is 0 Å². The highest BCUT2D eigenvalue weighted by Crippen LogP contribution is 2.26. The number of nitrogens with two attached hydrogens (primary N) is 1. The van der Waals surface area contributed by atoms with E-state index in [1.165, 1.54) is 0 Å². The van der Waals surface area contributed by atoms with Gasteiger partial charge in [0.05, 0.1) is 17.2 Å². The summed E-state index contributed by atoms with van der Waals surface area (Å²) in [5.41, 5.74) is 9.06. The summed E-state index contributed by atoms with van der Waals surface area (Å²) in [6.07, 6.45) is 3.94. The molecule has 2 heterocycles. The topological polar surface area (TPSA) is 56.7 Å². The van der Waals surface area contributed by atoms with Gasteiger partial charge in [-0.25, -0.2) is 4.98 Å². The van der Waals surface area contributed by atoms with Crippen molar-refractivity contribution in [2.75, 3.05) is 17.7 Å². The predicted molar refractivity (Wildman–Crippen MR) is 87.0 cm³/mol.